The number of carbonyl (C=O) groups is 2. The van der Waals surface area contributed by atoms with Crippen LogP contribution in [0.3, 0.4) is 0 Å². The monoisotopic (exact) mass is 337 g/mol. The van der Waals surface area contributed by atoms with E-state index >= 15 is 0 Å². The molecule has 0 radical (unpaired) electrons. The van der Waals surface area contributed by atoms with Crippen molar-refractivity contribution in [1.82, 2.24) is 4.90 Å². The number of hydrogen-bond acceptors (Lipinski definition) is 2. The van der Waals surface area contributed by atoms with Gasteiger partial charge in [-0.25, -0.2) is 0 Å². The minimum Gasteiger partial charge on any atom is -0.274 e. The van der Waals surface area contributed by atoms with E-state index in [1.54, 1.807) is 0 Å². The van der Waals surface area contributed by atoms with Crippen molar-refractivity contribution in [2.45, 2.75) is 38.5 Å². The van der Waals surface area contributed by atoms with Crippen LogP contribution < -0.4 is 0 Å². The van der Waals surface area contributed by atoms with E-state index in [0.29, 0.717) is 17.7 Å². The smallest absolute Gasteiger partial charge is 0.261 e. The Kier molecular flexibility index (Phi) is 5.77. The molecule has 0 spiro atoms. The zero-order chi connectivity index (χ0) is 14.4. The molecule has 0 atom stereocenters. The van der Waals surface area contributed by atoms with E-state index < -0.39 is 0 Å². The molecule has 108 valence electrons. The minimum absolute atomic E-state index is 0.114. The fourth-order valence-electron chi connectivity index (χ4n) is 2.49. The molecule has 20 heavy (non-hydrogen) atoms. The van der Waals surface area contributed by atoms with Crippen LogP contribution in [0.4, 0.5) is 0 Å². The van der Waals surface area contributed by atoms with Crippen LogP contribution in [0, 0.1) is 0 Å². The molecule has 0 N–H and O–H groups in total. The Hall–Kier alpha value is -1.16. The highest BCUT2D eigenvalue weighted by atomic mass is 79.9. The largest absolute Gasteiger partial charge is 0.274 e. The lowest BCUT2D eigenvalue weighted by molar-refractivity contribution is -0.136. The molecular weight excluding hydrogens is 318 g/mol. The Balaban J connectivity index is 1.98. The summed E-state index contributed by atoms with van der Waals surface area (Å²) >= 11 is 3.40. The van der Waals surface area contributed by atoms with Crippen LogP contribution in [0.5, 0.6) is 0 Å². The zero-order valence-electron chi connectivity index (χ0n) is 11.6. The number of amides is 2. The summed E-state index contributed by atoms with van der Waals surface area (Å²) in [4.78, 5) is 26.0. The Morgan fingerprint density at radius 3 is 2.00 bits per heavy atom. The molecule has 1 saturated heterocycles. The van der Waals surface area contributed by atoms with Gasteiger partial charge in [0.15, 0.2) is 0 Å². The van der Waals surface area contributed by atoms with Crippen LogP contribution in [0.1, 0.15) is 38.5 Å². The molecule has 2 rings (SSSR count). The molecule has 4 heteroatoms. The molecule has 1 fully saturated rings. The van der Waals surface area contributed by atoms with Crippen molar-refractivity contribution < 1.29 is 9.59 Å². The molecule has 0 aromatic carbocycles. The summed E-state index contributed by atoms with van der Waals surface area (Å²) in [5, 5.41) is 1.02. The van der Waals surface area contributed by atoms with Gasteiger partial charge in [0.25, 0.3) is 11.8 Å². The van der Waals surface area contributed by atoms with E-state index in [0.717, 1.165) is 43.9 Å². The van der Waals surface area contributed by atoms with Crippen LogP contribution in [-0.4, -0.2) is 28.6 Å². The fraction of sp³-hybridized carbons (Fsp3) is 0.500. The Labute approximate surface area is 128 Å². The van der Waals surface area contributed by atoms with Crippen molar-refractivity contribution in [3.05, 3.63) is 35.5 Å². The first-order chi connectivity index (χ1) is 9.75. The molecular formula is C16H20BrNO2. The van der Waals surface area contributed by atoms with Gasteiger partial charge in [0.1, 0.15) is 0 Å². The van der Waals surface area contributed by atoms with Crippen molar-refractivity contribution in [3.63, 3.8) is 0 Å². The van der Waals surface area contributed by atoms with E-state index in [1.807, 2.05) is 24.3 Å². The fourth-order valence-corrected chi connectivity index (χ4v) is 2.89. The van der Waals surface area contributed by atoms with E-state index in [4.69, 9.17) is 0 Å². The summed E-state index contributed by atoms with van der Waals surface area (Å²) in [7, 11) is 0. The molecule has 1 heterocycles. The lowest BCUT2D eigenvalue weighted by Gasteiger charge is -2.12. The van der Waals surface area contributed by atoms with Gasteiger partial charge < -0.3 is 0 Å². The molecule has 0 aromatic heterocycles. The SMILES string of the molecule is O=C1C2=C/C/C=C\C/C=C\2C(=O)N1CCCCCCBr. The van der Waals surface area contributed by atoms with Crippen LogP contribution in [0.25, 0.3) is 0 Å². The number of unbranched alkanes of at least 4 members (excludes halogenated alkanes) is 3. The molecule has 2 aliphatic rings. The normalized spacial score (nSPS) is 25.4. The van der Waals surface area contributed by atoms with E-state index in [9.17, 15) is 9.59 Å². The highest BCUT2D eigenvalue weighted by Gasteiger charge is 2.37. The molecule has 3 nitrogen and oxygen atoms in total. The third-order valence-electron chi connectivity index (χ3n) is 3.59. The number of hydrogen-bond donors (Lipinski definition) is 0. The minimum atomic E-state index is -0.114. The Morgan fingerprint density at radius 1 is 0.900 bits per heavy atom. The second-order valence-corrected chi connectivity index (χ2v) is 5.84. The van der Waals surface area contributed by atoms with Crippen LogP contribution in [0.15, 0.2) is 35.5 Å². The van der Waals surface area contributed by atoms with Gasteiger partial charge in [0, 0.05) is 23.0 Å². The molecule has 1 aliphatic carbocycles. The van der Waals surface area contributed by atoms with Crippen molar-refractivity contribution in [3.8, 4) is 0 Å². The third kappa shape index (κ3) is 3.48. The highest BCUT2D eigenvalue weighted by molar-refractivity contribution is 9.09. The van der Waals surface area contributed by atoms with Crippen LogP contribution >= 0.6 is 15.9 Å². The summed E-state index contributed by atoms with van der Waals surface area (Å²) in [6, 6.07) is 0. The Morgan fingerprint density at radius 2 is 1.45 bits per heavy atom. The second-order valence-electron chi connectivity index (χ2n) is 5.04. The van der Waals surface area contributed by atoms with Crippen LogP contribution in [-0.2, 0) is 9.59 Å². The quantitative estimate of drug-likeness (QED) is 0.322. The molecule has 0 saturated carbocycles. The molecule has 2 amide bonds. The summed E-state index contributed by atoms with van der Waals surface area (Å²) in [5.74, 6) is -0.228. The summed E-state index contributed by atoms with van der Waals surface area (Å²) in [6.07, 6.45) is 13.5. The second kappa shape index (κ2) is 7.58. The number of imide groups is 1. The van der Waals surface area contributed by atoms with Crippen LogP contribution in [0.2, 0.25) is 0 Å². The highest BCUT2D eigenvalue weighted by Crippen LogP contribution is 2.27. The van der Waals surface area contributed by atoms with Gasteiger partial charge >= 0.3 is 0 Å². The van der Waals surface area contributed by atoms with Gasteiger partial charge in [-0.1, -0.05) is 53.1 Å². The maximum Gasteiger partial charge on any atom is 0.261 e. The van der Waals surface area contributed by atoms with Gasteiger partial charge in [0.2, 0.25) is 0 Å². The van der Waals surface area contributed by atoms with Gasteiger partial charge in [-0.3, -0.25) is 14.5 Å². The van der Waals surface area contributed by atoms with Crippen molar-refractivity contribution in [1.29, 1.82) is 0 Å². The van der Waals surface area contributed by atoms with E-state index in [-0.39, 0.29) is 11.8 Å². The van der Waals surface area contributed by atoms with E-state index in [1.165, 1.54) is 4.90 Å². The predicted molar refractivity (Wildman–Crippen MR) is 83.5 cm³/mol. The average Bonchev–Trinajstić information content (AvgIpc) is 2.61. The maximum absolute atomic E-state index is 12.3. The first-order valence-corrected chi connectivity index (χ1v) is 8.35. The lowest BCUT2D eigenvalue weighted by atomic mass is 10.0. The van der Waals surface area contributed by atoms with Crippen molar-refractivity contribution >= 4 is 27.7 Å². The molecule has 0 bridgehead atoms. The molecule has 0 unspecified atom stereocenters. The zero-order valence-corrected chi connectivity index (χ0v) is 13.2. The first kappa shape index (κ1) is 15.2. The number of likely N-dealkylation sites (tertiary alicyclic amines) is 1. The number of carbonyl (C=O) groups excluding carboxylic acids is 2. The number of fused-ring (bicyclic) bond motifs is 1. The lowest BCUT2D eigenvalue weighted by Crippen LogP contribution is -2.30. The van der Waals surface area contributed by atoms with Gasteiger partial charge in [-0.05, 0) is 25.7 Å². The van der Waals surface area contributed by atoms with Crippen molar-refractivity contribution in [2.75, 3.05) is 11.9 Å². The van der Waals surface area contributed by atoms with Crippen molar-refractivity contribution in [2.24, 2.45) is 0 Å². The number of halogens is 1. The molecule has 0 aromatic rings. The standard InChI is InChI=1S/C16H20BrNO2/c17-11-7-3-4-8-12-18-15(19)13-9-5-1-2-6-10-14(13)16(18)20/h1-2,9-10H,3-8,11-12H2/b2-1-,13-9+,14-10+. The summed E-state index contributed by atoms with van der Waals surface area (Å²) in [6.45, 7) is 0.544. The first-order valence-electron chi connectivity index (χ1n) is 7.23. The number of alkyl halides is 1. The predicted octanol–water partition coefficient (Wildman–Crippen LogP) is 3.51. The maximum atomic E-state index is 12.3. The van der Waals surface area contributed by atoms with Gasteiger partial charge in [0.05, 0.1) is 0 Å². The van der Waals surface area contributed by atoms with Gasteiger partial charge in [-0.2, -0.15) is 0 Å². The van der Waals surface area contributed by atoms with Gasteiger partial charge in [-0.15, -0.1) is 0 Å². The Bertz CT molecular complexity index is 441. The molecule has 1 aliphatic heterocycles. The average molecular weight is 338 g/mol. The number of allylic oxidation sites excluding steroid dienone is 4. The summed E-state index contributed by atoms with van der Waals surface area (Å²) in [5.41, 5.74) is 1.19. The summed E-state index contributed by atoms with van der Waals surface area (Å²) < 4.78 is 0. The number of rotatable bonds is 6. The topological polar surface area (TPSA) is 37.4 Å². The number of nitrogens with zero attached hydrogens (tertiary/aromatic N) is 1. The van der Waals surface area contributed by atoms with E-state index in [2.05, 4.69) is 15.9 Å². The third-order valence-corrected chi connectivity index (χ3v) is 4.15.